The first-order chi connectivity index (χ1) is 12.3. The normalized spacial score (nSPS) is 10.1. The van der Waals surface area contributed by atoms with Crippen molar-refractivity contribution in [3.05, 3.63) is 62.7 Å². The maximum Gasteiger partial charge on any atom is 0.311 e. The van der Waals surface area contributed by atoms with Crippen molar-refractivity contribution >= 4 is 34.8 Å². The third-order valence-electron chi connectivity index (χ3n) is 3.51. The summed E-state index contributed by atoms with van der Waals surface area (Å²) in [5, 5.41) is 16.6. The molecule has 2 aromatic carbocycles. The molecule has 26 heavy (non-hydrogen) atoms. The molecule has 0 radical (unpaired) electrons. The third-order valence-corrected chi connectivity index (χ3v) is 3.74. The number of nitrogens with zero attached hydrogens (tertiary/aromatic N) is 1. The molecule has 9 heteroatoms. The van der Waals surface area contributed by atoms with E-state index in [1.807, 2.05) is 0 Å². The van der Waals surface area contributed by atoms with Gasteiger partial charge in [0.1, 0.15) is 0 Å². The largest absolute Gasteiger partial charge is 0.490 e. The molecule has 2 aromatic rings. The standard InChI is InChI=1S/C17H16ClN3O5/c1-10-7-12(18)4-5-13(10)20-16(22)9-19-17(23)11-3-6-15(26-2)14(8-11)21(24)25/h3-8H,9H2,1-2H3,(H,19,23)(H,20,22). The minimum absolute atomic E-state index is 0.0440. The Morgan fingerprint density at radius 1 is 1.23 bits per heavy atom. The number of methoxy groups -OCH3 is 1. The van der Waals surface area contributed by atoms with Crippen molar-refractivity contribution in [2.75, 3.05) is 19.0 Å². The van der Waals surface area contributed by atoms with Gasteiger partial charge in [0.25, 0.3) is 5.91 Å². The summed E-state index contributed by atoms with van der Waals surface area (Å²) in [4.78, 5) is 34.4. The molecule has 8 nitrogen and oxygen atoms in total. The molecule has 0 spiro atoms. The van der Waals surface area contributed by atoms with Gasteiger partial charge < -0.3 is 15.4 Å². The number of nitrogens with one attached hydrogen (secondary N) is 2. The molecule has 0 bridgehead atoms. The Balaban J connectivity index is 2.00. The number of nitro groups is 1. The van der Waals surface area contributed by atoms with Crippen molar-refractivity contribution in [2.45, 2.75) is 6.92 Å². The molecule has 0 unspecified atom stereocenters. The topological polar surface area (TPSA) is 111 Å². The fraction of sp³-hybridized carbons (Fsp3) is 0.176. The lowest BCUT2D eigenvalue weighted by molar-refractivity contribution is -0.385. The number of ether oxygens (including phenoxy) is 1. The van der Waals surface area contributed by atoms with Crippen LogP contribution in [-0.4, -0.2) is 30.4 Å². The molecule has 2 rings (SSSR count). The Hall–Kier alpha value is -3.13. The summed E-state index contributed by atoms with van der Waals surface area (Å²) in [6, 6.07) is 8.79. The number of nitro benzene ring substituents is 1. The van der Waals surface area contributed by atoms with E-state index >= 15 is 0 Å². The molecule has 2 N–H and O–H groups in total. The SMILES string of the molecule is COc1ccc(C(=O)NCC(=O)Nc2ccc(Cl)cc2C)cc1[N+](=O)[O-]. The highest BCUT2D eigenvalue weighted by Gasteiger charge is 2.18. The van der Waals surface area contributed by atoms with Crippen molar-refractivity contribution < 1.29 is 19.2 Å². The van der Waals surface area contributed by atoms with Crippen molar-refractivity contribution in [3.63, 3.8) is 0 Å². The molecule has 0 aliphatic heterocycles. The van der Waals surface area contributed by atoms with Gasteiger partial charge in [0.15, 0.2) is 5.75 Å². The maximum atomic E-state index is 12.1. The van der Waals surface area contributed by atoms with E-state index in [0.717, 1.165) is 11.6 Å². The highest BCUT2D eigenvalue weighted by Crippen LogP contribution is 2.27. The van der Waals surface area contributed by atoms with E-state index in [1.54, 1.807) is 25.1 Å². The first kappa shape index (κ1) is 19.2. The molecule has 0 fully saturated rings. The number of hydrogen-bond donors (Lipinski definition) is 2. The molecule has 0 saturated heterocycles. The Kier molecular flexibility index (Phi) is 6.13. The van der Waals surface area contributed by atoms with Gasteiger partial charge >= 0.3 is 5.69 Å². The van der Waals surface area contributed by atoms with Crippen LogP contribution in [0.15, 0.2) is 36.4 Å². The van der Waals surface area contributed by atoms with Gasteiger partial charge in [-0.25, -0.2) is 0 Å². The number of anilines is 1. The number of rotatable bonds is 6. The lowest BCUT2D eigenvalue weighted by atomic mass is 10.1. The maximum absolute atomic E-state index is 12.1. The highest BCUT2D eigenvalue weighted by molar-refractivity contribution is 6.30. The van der Waals surface area contributed by atoms with E-state index in [-0.39, 0.29) is 23.5 Å². The second-order valence-electron chi connectivity index (χ2n) is 5.33. The van der Waals surface area contributed by atoms with Crippen LogP contribution in [-0.2, 0) is 4.79 Å². The fourth-order valence-corrected chi connectivity index (χ4v) is 2.42. The zero-order chi connectivity index (χ0) is 19.3. The van der Waals surface area contributed by atoms with Crippen molar-refractivity contribution in [3.8, 4) is 5.75 Å². The van der Waals surface area contributed by atoms with Crippen LogP contribution in [0.1, 0.15) is 15.9 Å². The molecule has 0 aliphatic carbocycles. The summed E-state index contributed by atoms with van der Waals surface area (Å²) in [6.07, 6.45) is 0. The summed E-state index contributed by atoms with van der Waals surface area (Å²) in [5.74, 6) is -1.01. The zero-order valence-corrected chi connectivity index (χ0v) is 14.8. The Labute approximate surface area is 154 Å². The van der Waals surface area contributed by atoms with E-state index in [9.17, 15) is 19.7 Å². The summed E-state index contributed by atoms with van der Waals surface area (Å²) in [7, 11) is 1.30. The molecular weight excluding hydrogens is 362 g/mol. The van der Waals surface area contributed by atoms with Gasteiger partial charge in [-0.1, -0.05) is 11.6 Å². The van der Waals surface area contributed by atoms with Gasteiger partial charge in [-0.15, -0.1) is 0 Å². The second-order valence-corrected chi connectivity index (χ2v) is 5.77. The number of hydrogen-bond acceptors (Lipinski definition) is 5. The van der Waals surface area contributed by atoms with Crippen LogP contribution >= 0.6 is 11.6 Å². The Bertz CT molecular complexity index is 869. The highest BCUT2D eigenvalue weighted by atomic mass is 35.5. The monoisotopic (exact) mass is 377 g/mol. The lowest BCUT2D eigenvalue weighted by Gasteiger charge is -2.10. The van der Waals surface area contributed by atoms with Crippen LogP contribution in [0.4, 0.5) is 11.4 Å². The van der Waals surface area contributed by atoms with E-state index in [1.165, 1.54) is 19.2 Å². The van der Waals surface area contributed by atoms with E-state index in [2.05, 4.69) is 10.6 Å². The van der Waals surface area contributed by atoms with Crippen LogP contribution in [0.3, 0.4) is 0 Å². The first-order valence-electron chi connectivity index (χ1n) is 7.48. The van der Waals surface area contributed by atoms with Crippen LogP contribution < -0.4 is 15.4 Å². The van der Waals surface area contributed by atoms with Crippen molar-refractivity contribution in [1.82, 2.24) is 5.32 Å². The van der Waals surface area contributed by atoms with Gasteiger partial charge in [-0.2, -0.15) is 0 Å². The van der Waals surface area contributed by atoms with Crippen molar-refractivity contribution in [2.24, 2.45) is 0 Å². The molecule has 0 saturated carbocycles. The predicted octanol–water partition coefficient (Wildman–Crippen LogP) is 2.93. The van der Waals surface area contributed by atoms with Crippen LogP contribution in [0, 0.1) is 17.0 Å². The van der Waals surface area contributed by atoms with Crippen molar-refractivity contribution in [1.29, 1.82) is 0 Å². The summed E-state index contributed by atoms with van der Waals surface area (Å²) in [5.41, 5.74) is 1.08. The van der Waals surface area contributed by atoms with E-state index < -0.39 is 16.7 Å². The van der Waals surface area contributed by atoms with Gasteiger partial charge in [-0.3, -0.25) is 19.7 Å². The van der Waals surface area contributed by atoms with Gasteiger partial charge in [-0.05, 0) is 42.8 Å². The number of benzene rings is 2. The quantitative estimate of drug-likeness (QED) is 0.594. The zero-order valence-electron chi connectivity index (χ0n) is 14.0. The molecule has 2 amide bonds. The first-order valence-corrected chi connectivity index (χ1v) is 7.86. The van der Waals surface area contributed by atoms with Gasteiger partial charge in [0, 0.05) is 22.3 Å². The average Bonchev–Trinajstić information content (AvgIpc) is 2.61. The molecule has 0 heterocycles. The summed E-state index contributed by atoms with van der Waals surface area (Å²) >= 11 is 5.85. The third kappa shape index (κ3) is 4.70. The van der Waals surface area contributed by atoms with E-state index in [4.69, 9.17) is 16.3 Å². The summed E-state index contributed by atoms with van der Waals surface area (Å²) < 4.78 is 4.88. The number of carbonyl (C=O) groups is 2. The molecule has 0 aromatic heterocycles. The van der Waals surface area contributed by atoms with Gasteiger partial charge in [0.2, 0.25) is 5.91 Å². The Morgan fingerprint density at radius 3 is 2.58 bits per heavy atom. The minimum atomic E-state index is -0.647. The van der Waals surface area contributed by atoms with Gasteiger partial charge in [0.05, 0.1) is 18.6 Å². The molecule has 0 atom stereocenters. The average molecular weight is 378 g/mol. The number of carbonyl (C=O) groups excluding carboxylic acids is 2. The molecule has 136 valence electrons. The predicted molar refractivity (Wildman–Crippen MR) is 96.8 cm³/mol. The van der Waals surface area contributed by atoms with Crippen LogP contribution in [0.25, 0.3) is 0 Å². The van der Waals surface area contributed by atoms with E-state index in [0.29, 0.717) is 10.7 Å². The van der Waals surface area contributed by atoms with Crippen LogP contribution in [0.2, 0.25) is 5.02 Å². The smallest absolute Gasteiger partial charge is 0.311 e. The number of amides is 2. The number of halogens is 1. The minimum Gasteiger partial charge on any atom is -0.490 e. The lowest BCUT2D eigenvalue weighted by Crippen LogP contribution is -2.33. The second kappa shape index (κ2) is 8.30. The summed E-state index contributed by atoms with van der Waals surface area (Å²) in [6.45, 7) is 1.50. The molecule has 0 aliphatic rings. The molecular formula is C17H16ClN3O5. The fourth-order valence-electron chi connectivity index (χ4n) is 2.20. The van der Waals surface area contributed by atoms with Crippen LogP contribution in [0.5, 0.6) is 5.75 Å². The Morgan fingerprint density at radius 2 is 1.96 bits per heavy atom. The number of aryl methyl sites for hydroxylation is 1.